The Balaban J connectivity index is 1.95. The fraction of sp³-hybridized carbons (Fsp3) is 0.462. The lowest BCUT2D eigenvalue weighted by atomic mass is 10.1. The Kier molecular flexibility index (Phi) is 11.6. The number of hydrogen-bond donors (Lipinski definition) is 0. The van der Waals surface area contributed by atoms with Crippen LogP contribution >= 0.6 is 11.6 Å². The van der Waals surface area contributed by atoms with Crippen LogP contribution < -0.4 is 9.47 Å². The van der Waals surface area contributed by atoms with E-state index in [1.807, 2.05) is 0 Å². The van der Waals surface area contributed by atoms with Crippen LogP contribution in [0.15, 0.2) is 42.5 Å². The molecule has 2 aromatic carbocycles. The van der Waals surface area contributed by atoms with E-state index < -0.39 is 46.9 Å². The number of esters is 2. The maximum Gasteiger partial charge on any atom is 0.460 e. The van der Waals surface area contributed by atoms with Crippen molar-refractivity contribution in [3.8, 4) is 11.5 Å². The average molecular weight is 605 g/mol. The van der Waals surface area contributed by atoms with E-state index in [9.17, 15) is 44.7 Å². The summed E-state index contributed by atoms with van der Waals surface area (Å²) in [7, 11) is 0. The van der Waals surface area contributed by atoms with Crippen LogP contribution in [0.3, 0.4) is 0 Å². The smallest absolute Gasteiger partial charge is 0.460 e. The molecule has 222 valence electrons. The number of rotatable bonds is 14. The number of unbranched alkanes of at least 4 members (excludes halogenated alkanes) is 5. The Labute approximate surface area is 229 Å². The number of carbonyl (C=O) groups is 2. The monoisotopic (exact) mass is 604 g/mol. The maximum absolute atomic E-state index is 13.6. The third kappa shape index (κ3) is 8.45. The van der Waals surface area contributed by atoms with Gasteiger partial charge in [-0.2, -0.15) is 35.1 Å². The zero-order chi connectivity index (χ0) is 30.1. The standard InChI is InChI=1S/C26H25ClF8O5/c1-2-3-4-5-6-7-14-38-17-10-8-16(9-11-17)21(36)39-18-12-13-19(20(27)15-18)22(37)40-23(28)24(29,30)25(31,32)26(33,34)35/h8-13,15,23H,2-7,14H2,1H3. The largest absolute Gasteiger partial charge is 0.494 e. The van der Waals surface area contributed by atoms with E-state index in [0.717, 1.165) is 37.8 Å². The van der Waals surface area contributed by atoms with Gasteiger partial charge in [-0.1, -0.05) is 50.6 Å². The molecular weight excluding hydrogens is 580 g/mol. The molecule has 0 fully saturated rings. The quantitative estimate of drug-likeness (QED) is 0.0935. The normalized spacial score (nSPS) is 13.1. The number of benzene rings is 2. The van der Waals surface area contributed by atoms with Gasteiger partial charge in [0.05, 0.1) is 22.8 Å². The summed E-state index contributed by atoms with van der Waals surface area (Å²) in [6, 6.07) is 8.38. The molecule has 0 bridgehead atoms. The maximum atomic E-state index is 13.6. The van der Waals surface area contributed by atoms with E-state index in [1.165, 1.54) is 25.0 Å². The second-order valence-electron chi connectivity index (χ2n) is 8.59. The number of halogens is 9. The Hall–Kier alpha value is -3.09. The first kappa shape index (κ1) is 33.1. The van der Waals surface area contributed by atoms with Gasteiger partial charge in [-0.05, 0) is 42.8 Å². The molecule has 0 aromatic heterocycles. The molecule has 0 saturated heterocycles. The number of carbonyl (C=O) groups excluding carboxylic acids is 2. The highest BCUT2D eigenvalue weighted by Crippen LogP contribution is 2.49. The van der Waals surface area contributed by atoms with Gasteiger partial charge in [0.1, 0.15) is 11.5 Å². The molecule has 0 N–H and O–H groups in total. The lowest BCUT2D eigenvalue weighted by molar-refractivity contribution is -0.381. The van der Waals surface area contributed by atoms with Crippen LogP contribution in [-0.4, -0.2) is 42.9 Å². The zero-order valence-electron chi connectivity index (χ0n) is 21.0. The van der Waals surface area contributed by atoms with E-state index in [2.05, 4.69) is 11.7 Å². The summed E-state index contributed by atoms with van der Waals surface area (Å²) in [6.07, 6.45) is -4.91. The van der Waals surface area contributed by atoms with Crippen LogP contribution in [0.4, 0.5) is 35.1 Å². The van der Waals surface area contributed by atoms with Gasteiger partial charge in [-0.25, -0.2) is 9.59 Å². The molecule has 2 rings (SSSR count). The molecule has 0 aliphatic rings. The van der Waals surface area contributed by atoms with Crippen molar-refractivity contribution < 1.29 is 58.9 Å². The molecule has 1 atom stereocenters. The van der Waals surface area contributed by atoms with Gasteiger partial charge < -0.3 is 14.2 Å². The second-order valence-corrected chi connectivity index (χ2v) is 9.00. The molecule has 0 saturated carbocycles. The first-order chi connectivity index (χ1) is 18.6. The Morgan fingerprint density at radius 1 is 0.825 bits per heavy atom. The number of hydrogen-bond acceptors (Lipinski definition) is 5. The fourth-order valence-electron chi connectivity index (χ4n) is 3.21. The van der Waals surface area contributed by atoms with E-state index in [4.69, 9.17) is 21.1 Å². The first-order valence-corrected chi connectivity index (χ1v) is 12.4. The van der Waals surface area contributed by atoms with Gasteiger partial charge in [-0.15, -0.1) is 0 Å². The van der Waals surface area contributed by atoms with Crippen molar-refractivity contribution in [2.45, 2.75) is 69.8 Å². The topological polar surface area (TPSA) is 61.8 Å². The van der Waals surface area contributed by atoms with Crippen molar-refractivity contribution >= 4 is 23.5 Å². The minimum atomic E-state index is -6.83. The van der Waals surface area contributed by atoms with Crippen molar-refractivity contribution in [2.75, 3.05) is 6.61 Å². The summed E-state index contributed by atoms with van der Waals surface area (Å²) in [5.41, 5.74) is -0.776. The van der Waals surface area contributed by atoms with Crippen molar-refractivity contribution in [2.24, 2.45) is 0 Å². The van der Waals surface area contributed by atoms with Gasteiger partial charge in [0.15, 0.2) is 0 Å². The van der Waals surface area contributed by atoms with Crippen LogP contribution in [0.5, 0.6) is 11.5 Å². The summed E-state index contributed by atoms with van der Waals surface area (Å²) >= 11 is 5.78. The molecule has 0 amide bonds. The predicted molar refractivity (Wildman–Crippen MR) is 128 cm³/mol. The van der Waals surface area contributed by atoms with Gasteiger partial charge in [0.25, 0.3) is 0 Å². The third-order valence-corrected chi connectivity index (χ3v) is 5.81. The van der Waals surface area contributed by atoms with E-state index >= 15 is 0 Å². The Morgan fingerprint density at radius 2 is 1.40 bits per heavy atom. The highest BCUT2D eigenvalue weighted by molar-refractivity contribution is 6.33. The average Bonchev–Trinajstić information content (AvgIpc) is 2.87. The van der Waals surface area contributed by atoms with Gasteiger partial charge >= 0.3 is 36.3 Å². The zero-order valence-corrected chi connectivity index (χ0v) is 21.8. The third-order valence-electron chi connectivity index (χ3n) is 5.50. The minimum Gasteiger partial charge on any atom is -0.494 e. The molecule has 0 heterocycles. The van der Waals surface area contributed by atoms with E-state index in [1.54, 1.807) is 12.1 Å². The van der Waals surface area contributed by atoms with Crippen LogP contribution in [0.25, 0.3) is 0 Å². The first-order valence-electron chi connectivity index (χ1n) is 12.0. The molecule has 5 nitrogen and oxygen atoms in total. The summed E-state index contributed by atoms with van der Waals surface area (Å²) in [5.74, 6) is -15.9. The molecule has 0 radical (unpaired) electrons. The number of ether oxygens (including phenoxy) is 3. The van der Waals surface area contributed by atoms with Crippen molar-refractivity contribution in [1.82, 2.24) is 0 Å². The van der Waals surface area contributed by atoms with Crippen molar-refractivity contribution in [1.29, 1.82) is 0 Å². The SMILES string of the molecule is CCCCCCCCOc1ccc(C(=O)Oc2ccc(C(=O)OC(F)C(F)(F)C(F)(F)C(F)(F)F)c(Cl)c2)cc1. The van der Waals surface area contributed by atoms with Crippen LogP contribution in [0.2, 0.25) is 5.02 Å². The lowest BCUT2D eigenvalue weighted by Crippen LogP contribution is -2.57. The van der Waals surface area contributed by atoms with Crippen LogP contribution in [-0.2, 0) is 4.74 Å². The highest BCUT2D eigenvalue weighted by Gasteiger charge is 2.77. The molecule has 0 aliphatic heterocycles. The Bertz CT molecular complexity index is 1140. The molecular formula is C26H25ClF8O5. The Morgan fingerprint density at radius 3 is 1.98 bits per heavy atom. The molecule has 40 heavy (non-hydrogen) atoms. The van der Waals surface area contributed by atoms with Crippen LogP contribution in [0, 0.1) is 0 Å². The lowest BCUT2D eigenvalue weighted by Gasteiger charge is -2.29. The molecule has 0 aliphatic carbocycles. The molecule has 14 heteroatoms. The van der Waals surface area contributed by atoms with E-state index in [-0.39, 0.29) is 11.3 Å². The van der Waals surface area contributed by atoms with E-state index in [0.29, 0.717) is 18.4 Å². The minimum absolute atomic E-state index is 0.0969. The van der Waals surface area contributed by atoms with Gasteiger partial charge in [-0.3, -0.25) is 0 Å². The summed E-state index contributed by atoms with van der Waals surface area (Å²) in [4.78, 5) is 24.3. The summed E-state index contributed by atoms with van der Waals surface area (Å²) in [5, 5.41) is -0.660. The second kappa shape index (κ2) is 14.0. The summed E-state index contributed by atoms with van der Waals surface area (Å²) < 4.78 is 117. The van der Waals surface area contributed by atoms with Gasteiger partial charge in [0.2, 0.25) is 0 Å². The van der Waals surface area contributed by atoms with Crippen LogP contribution in [0.1, 0.15) is 66.2 Å². The number of alkyl halides is 8. The molecule has 2 aromatic rings. The highest BCUT2D eigenvalue weighted by atomic mass is 35.5. The molecule has 1 unspecified atom stereocenters. The van der Waals surface area contributed by atoms with Gasteiger partial charge in [0, 0.05) is 6.07 Å². The van der Waals surface area contributed by atoms with Crippen molar-refractivity contribution in [3.05, 3.63) is 58.6 Å². The summed E-state index contributed by atoms with van der Waals surface area (Å²) in [6.45, 7) is 2.64. The fourth-order valence-corrected chi connectivity index (χ4v) is 3.46. The predicted octanol–water partition coefficient (Wildman–Crippen LogP) is 8.58. The van der Waals surface area contributed by atoms with Crippen molar-refractivity contribution in [3.63, 3.8) is 0 Å². The molecule has 0 spiro atoms.